The summed E-state index contributed by atoms with van der Waals surface area (Å²) in [6.45, 7) is 0.382. The third kappa shape index (κ3) is 4.09. The Hall–Kier alpha value is -1.92. The van der Waals surface area contributed by atoms with Crippen molar-refractivity contribution in [1.82, 2.24) is 15.0 Å². The minimum Gasteiger partial charge on any atom is -0.395 e. The van der Waals surface area contributed by atoms with Crippen LogP contribution in [-0.4, -0.2) is 45.2 Å². The highest BCUT2D eigenvalue weighted by Gasteiger charge is 2.31. The van der Waals surface area contributed by atoms with Crippen molar-refractivity contribution >= 4 is 17.5 Å². The second-order valence-corrected chi connectivity index (χ2v) is 6.00. The lowest BCUT2D eigenvalue weighted by Crippen LogP contribution is -2.35. The monoisotopic (exact) mass is 335 g/mol. The Kier molecular flexibility index (Phi) is 4.93. The number of carbonyl (C=O) groups is 1. The van der Waals surface area contributed by atoms with Crippen LogP contribution in [0.4, 0.5) is 0 Å². The first-order valence-electron chi connectivity index (χ1n) is 7.66. The van der Waals surface area contributed by atoms with Gasteiger partial charge in [-0.1, -0.05) is 16.8 Å². The number of benzene rings is 1. The lowest BCUT2D eigenvalue weighted by atomic mass is 10.2. The highest BCUT2D eigenvalue weighted by Crippen LogP contribution is 2.27. The summed E-state index contributed by atoms with van der Waals surface area (Å²) in [5.74, 6) is 0.939. The summed E-state index contributed by atoms with van der Waals surface area (Å²) in [5.41, 5.74) is 0.815. The van der Waals surface area contributed by atoms with Crippen LogP contribution in [0.3, 0.4) is 0 Å². The zero-order chi connectivity index (χ0) is 16.2. The van der Waals surface area contributed by atoms with Gasteiger partial charge >= 0.3 is 0 Å². The molecule has 0 unspecified atom stereocenters. The minimum absolute atomic E-state index is 0.0104. The van der Waals surface area contributed by atoms with Crippen LogP contribution in [0.15, 0.2) is 28.8 Å². The molecule has 1 aromatic heterocycles. The summed E-state index contributed by atoms with van der Waals surface area (Å²) in [6, 6.07) is 7.45. The van der Waals surface area contributed by atoms with Gasteiger partial charge in [-0.15, -0.1) is 0 Å². The normalized spacial score (nSPS) is 14.0. The zero-order valence-corrected chi connectivity index (χ0v) is 13.4. The van der Waals surface area contributed by atoms with Gasteiger partial charge in [0.25, 0.3) is 0 Å². The molecule has 7 heteroatoms. The molecule has 0 saturated heterocycles. The van der Waals surface area contributed by atoms with Crippen LogP contribution >= 0.6 is 11.6 Å². The van der Waals surface area contributed by atoms with Crippen LogP contribution in [0.5, 0.6) is 0 Å². The fraction of sp³-hybridized carbons (Fsp3) is 0.438. The van der Waals surface area contributed by atoms with Crippen LogP contribution in [0.25, 0.3) is 11.4 Å². The molecule has 0 aliphatic heterocycles. The number of rotatable bonds is 7. The van der Waals surface area contributed by atoms with Crippen LogP contribution in [0, 0.1) is 0 Å². The van der Waals surface area contributed by atoms with E-state index >= 15 is 0 Å². The molecule has 1 heterocycles. The van der Waals surface area contributed by atoms with Crippen molar-refractivity contribution in [3.63, 3.8) is 0 Å². The van der Waals surface area contributed by atoms with Crippen molar-refractivity contribution < 1.29 is 14.4 Å². The molecule has 1 aliphatic carbocycles. The molecule has 1 amide bonds. The Morgan fingerprint density at radius 2 is 2.09 bits per heavy atom. The van der Waals surface area contributed by atoms with E-state index in [9.17, 15) is 4.79 Å². The molecule has 1 N–H and O–H groups in total. The lowest BCUT2D eigenvalue weighted by molar-refractivity contribution is -0.132. The van der Waals surface area contributed by atoms with Crippen LogP contribution in [-0.2, 0) is 11.2 Å². The van der Waals surface area contributed by atoms with Crippen molar-refractivity contribution in [2.75, 3.05) is 13.2 Å². The molecule has 0 atom stereocenters. The summed E-state index contributed by atoms with van der Waals surface area (Å²) < 4.78 is 5.20. The third-order valence-corrected chi connectivity index (χ3v) is 4.02. The fourth-order valence-electron chi connectivity index (χ4n) is 2.43. The average molecular weight is 336 g/mol. The number of aliphatic hydroxyl groups is 1. The summed E-state index contributed by atoms with van der Waals surface area (Å²) in [5, 5.41) is 13.6. The number of carbonyl (C=O) groups excluding carboxylic acids is 1. The summed E-state index contributed by atoms with van der Waals surface area (Å²) >= 11 is 5.85. The van der Waals surface area contributed by atoms with Crippen molar-refractivity contribution in [2.45, 2.75) is 31.7 Å². The molecule has 1 aromatic carbocycles. The number of aryl methyl sites for hydroxylation is 1. The fourth-order valence-corrected chi connectivity index (χ4v) is 2.56. The second kappa shape index (κ2) is 7.10. The first-order valence-corrected chi connectivity index (χ1v) is 8.04. The molecule has 6 nitrogen and oxygen atoms in total. The molecule has 0 bridgehead atoms. The Morgan fingerprint density at radius 1 is 1.35 bits per heavy atom. The Balaban J connectivity index is 1.58. The first kappa shape index (κ1) is 16.0. The van der Waals surface area contributed by atoms with Gasteiger partial charge in [0, 0.05) is 36.0 Å². The maximum Gasteiger partial charge on any atom is 0.227 e. The SMILES string of the molecule is O=C(CCc1nc(-c2ccc(Cl)cc2)no1)N(CCO)C1CC1. The molecule has 2 aromatic rings. The van der Waals surface area contributed by atoms with Gasteiger partial charge in [-0.25, -0.2) is 0 Å². The van der Waals surface area contributed by atoms with Gasteiger partial charge in [0.05, 0.1) is 6.61 Å². The van der Waals surface area contributed by atoms with Crippen molar-refractivity contribution in [1.29, 1.82) is 0 Å². The number of aliphatic hydroxyl groups excluding tert-OH is 1. The Labute approximate surface area is 139 Å². The van der Waals surface area contributed by atoms with E-state index < -0.39 is 0 Å². The number of aromatic nitrogens is 2. The van der Waals surface area contributed by atoms with Gasteiger partial charge in [-0.05, 0) is 37.1 Å². The summed E-state index contributed by atoms with van der Waals surface area (Å²) in [7, 11) is 0. The maximum atomic E-state index is 12.2. The summed E-state index contributed by atoms with van der Waals surface area (Å²) in [6.07, 6.45) is 2.74. The Bertz CT molecular complexity index is 667. The third-order valence-electron chi connectivity index (χ3n) is 3.77. The topological polar surface area (TPSA) is 79.5 Å². The largest absolute Gasteiger partial charge is 0.395 e. The van der Waals surface area contributed by atoms with E-state index in [1.165, 1.54) is 0 Å². The van der Waals surface area contributed by atoms with E-state index in [4.69, 9.17) is 21.2 Å². The average Bonchev–Trinajstić information content (AvgIpc) is 3.28. The maximum absolute atomic E-state index is 12.2. The standard InChI is InChI=1S/C16H18ClN3O3/c17-12-3-1-11(2-4-12)16-18-14(23-19-16)7-8-15(22)20(9-10-21)13-5-6-13/h1-4,13,21H,5-10H2. The van der Waals surface area contributed by atoms with Crippen LogP contribution < -0.4 is 0 Å². The van der Waals surface area contributed by atoms with Gasteiger partial charge in [-0.3, -0.25) is 4.79 Å². The van der Waals surface area contributed by atoms with Crippen molar-refractivity contribution in [2.24, 2.45) is 0 Å². The number of hydrogen-bond donors (Lipinski definition) is 1. The van der Waals surface area contributed by atoms with Gasteiger partial charge in [-0.2, -0.15) is 4.98 Å². The molecule has 0 spiro atoms. The van der Waals surface area contributed by atoms with Crippen molar-refractivity contribution in [3.05, 3.63) is 35.2 Å². The van der Waals surface area contributed by atoms with E-state index in [1.807, 2.05) is 12.1 Å². The molecule has 1 aliphatic rings. The van der Waals surface area contributed by atoms with Gasteiger partial charge in [0.15, 0.2) is 0 Å². The van der Waals surface area contributed by atoms with Gasteiger partial charge in [0.1, 0.15) is 0 Å². The Morgan fingerprint density at radius 3 is 2.74 bits per heavy atom. The van der Waals surface area contributed by atoms with Gasteiger partial charge in [0.2, 0.25) is 17.6 Å². The smallest absolute Gasteiger partial charge is 0.227 e. The molecular weight excluding hydrogens is 318 g/mol. The number of nitrogens with zero attached hydrogens (tertiary/aromatic N) is 3. The predicted molar refractivity (Wildman–Crippen MR) is 84.9 cm³/mol. The van der Waals surface area contributed by atoms with E-state index in [0.717, 1.165) is 18.4 Å². The summed E-state index contributed by atoms with van der Waals surface area (Å²) in [4.78, 5) is 18.3. The predicted octanol–water partition coefficient (Wildman–Crippen LogP) is 2.31. The molecular formula is C16H18ClN3O3. The zero-order valence-electron chi connectivity index (χ0n) is 12.6. The molecule has 122 valence electrons. The van der Waals surface area contributed by atoms with E-state index in [2.05, 4.69) is 10.1 Å². The number of amides is 1. The van der Waals surface area contributed by atoms with Gasteiger partial charge < -0.3 is 14.5 Å². The molecule has 3 rings (SSSR count). The number of halogens is 1. The molecule has 0 radical (unpaired) electrons. The minimum atomic E-state index is -0.0104. The molecule has 1 saturated carbocycles. The quantitative estimate of drug-likeness (QED) is 0.840. The highest BCUT2D eigenvalue weighted by molar-refractivity contribution is 6.30. The molecule has 1 fully saturated rings. The van der Waals surface area contributed by atoms with Crippen LogP contribution in [0.2, 0.25) is 5.02 Å². The van der Waals surface area contributed by atoms with E-state index in [0.29, 0.717) is 42.2 Å². The first-order chi connectivity index (χ1) is 11.2. The van der Waals surface area contributed by atoms with E-state index in [-0.39, 0.29) is 12.5 Å². The van der Waals surface area contributed by atoms with E-state index in [1.54, 1.807) is 17.0 Å². The number of hydrogen-bond acceptors (Lipinski definition) is 5. The highest BCUT2D eigenvalue weighted by atomic mass is 35.5. The van der Waals surface area contributed by atoms with Crippen LogP contribution in [0.1, 0.15) is 25.2 Å². The van der Waals surface area contributed by atoms with Crippen molar-refractivity contribution in [3.8, 4) is 11.4 Å². The lowest BCUT2D eigenvalue weighted by Gasteiger charge is -2.20. The second-order valence-electron chi connectivity index (χ2n) is 5.56. The molecule has 23 heavy (non-hydrogen) atoms.